The van der Waals surface area contributed by atoms with E-state index in [9.17, 15) is 4.79 Å². The zero-order chi connectivity index (χ0) is 29.9. The summed E-state index contributed by atoms with van der Waals surface area (Å²) in [7, 11) is 3.31. The highest BCUT2D eigenvalue weighted by atomic mass is 32.2. The summed E-state index contributed by atoms with van der Waals surface area (Å²) in [5, 5.41) is 7.27. The van der Waals surface area contributed by atoms with Gasteiger partial charge >= 0.3 is 5.97 Å². The lowest BCUT2D eigenvalue weighted by molar-refractivity contribution is 0.0731. The summed E-state index contributed by atoms with van der Waals surface area (Å²) in [6.45, 7) is 7.04. The molecule has 42 heavy (non-hydrogen) atoms. The maximum absolute atomic E-state index is 13.0. The summed E-state index contributed by atoms with van der Waals surface area (Å²) < 4.78 is 17.2. The van der Waals surface area contributed by atoms with Crippen molar-refractivity contribution in [2.24, 2.45) is 0 Å². The molecule has 0 unspecified atom stereocenters. The third-order valence-corrected chi connectivity index (χ3v) is 8.10. The van der Waals surface area contributed by atoms with Crippen LogP contribution in [0.3, 0.4) is 0 Å². The third kappa shape index (κ3) is 5.97. The summed E-state index contributed by atoms with van der Waals surface area (Å²) >= 11 is 1.51. The van der Waals surface area contributed by atoms with Crippen molar-refractivity contribution in [2.45, 2.75) is 37.8 Å². The smallest absolute Gasteiger partial charge is 0.344 e. The topological polar surface area (TPSA) is 68.8 Å². The Kier molecular flexibility index (Phi) is 8.50. The van der Waals surface area contributed by atoms with Crippen LogP contribution in [0.25, 0.3) is 16.7 Å². The van der Waals surface area contributed by atoms with Gasteiger partial charge in [0.05, 0.1) is 31.0 Å². The number of allylic oxidation sites excluding steroid dienone is 1. The Morgan fingerprint density at radius 2 is 1.62 bits per heavy atom. The first-order valence-corrected chi connectivity index (χ1v) is 15.0. The number of methoxy groups -OCH3 is 2. The first-order valence-electron chi connectivity index (χ1n) is 13.8. The van der Waals surface area contributed by atoms with Gasteiger partial charge in [0.15, 0.2) is 0 Å². The van der Waals surface area contributed by atoms with Crippen molar-refractivity contribution >= 4 is 34.7 Å². The summed E-state index contributed by atoms with van der Waals surface area (Å²) in [5.41, 5.74) is 7.75. The molecule has 6 nitrogen and oxygen atoms in total. The molecule has 4 aromatic carbocycles. The number of hydrogen-bond acceptors (Lipinski definition) is 7. The molecule has 0 saturated heterocycles. The molecule has 7 heteroatoms. The lowest BCUT2D eigenvalue weighted by Gasteiger charge is -2.33. The molecule has 0 bridgehead atoms. The van der Waals surface area contributed by atoms with Gasteiger partial charge in [-0.05, 0) is 86.2 Å². The van der Waals surface area contributed by atoms with E-state index in [0.29, 0.717) is 23.6 Å². The van der Waals surface area contributed by atoms with E-state index in [1.54, 1.807) is 26.4 Å². The molecule has 1 heterocycles. The molecule has 0 aromatic heterocycles. The fraction of sp³-hybridized carbons (Fsp3) is 0.229. The van der Waals surface area contributed by atoms with E-state index in [1.807, 2.05) is 60.9 Å². The van der Waals surface area contributed by atoms with Gasteiger partial charge in [0.1, 0.15) is 17.2 Å². The van der Waals surface area contributed by atoms with Gasteiger partial charge in [0.2, 0.25) is 0 Å². The largest absolute Gasteiger partial charge is 0.496 e. The molecule has 4 aromatic rings. The summed E-state index contributed by atoms with van der Waals surface area (Å²) in [6, 6.07) is 25.1. The number of rotatable bonds is 9. The zero-order valence-electron chi connectivity index (χ0n) is 24.8. The van der Waals surface area contributed by atoms with Crippen LogP contribution in [0.2, 0.25) is 0 Å². The molecule has 0 saturated carbocycles. The lowest BCUT2D eigenvalue weighted by Crippen LogP contribution is -2.32. The van der Waals surface area contributed by atoms with E-state index in [0.717, 1.165) is 44.3 Å². The molecule has 216 valence electrons. The van der Waals surface area contributed by atoms with Gasteiger partial charge in [-0.1, -0.05) is 36.4 Å². The van der Waals surface area contributed by atoms with Gasteiger partial charge in [-0.25, -0.2) is 4.79 Å². The standard InChI is InChI=1S/C35H36N2O4S/c1-22-20-35(2,3)37-29-18-17-24(27(33(22)29)21-36-28-12-8-9-13-30(28)39-4)25-16-15-23(19-31(25)40-5)41-34(38)26-11-7-10-14-32(26)42-6/h7-20,36-37H,21H2,1-6H3. The van der Waals surface area contributed by atoms with Crippen LogP contribution in [0.4, 0.5) is 11.4 Å². The number of carbonyl (C=O) groups is 1. The van der Waals surface area contributed by atoms with Gasteiger partial charge in [-0.3, -0.25) is 0 Å². The predicted octanol–water partition coefficient (Wildman–Crippen LogP) is 8.53. The van der Waals surface area contributed by atoms with Gasteiger partial charge in [0, 0.05) is 34.3 Å². The molecule has 1 aliphatic rings. The van der Waals surface area contributed by atoms with Crippen LogP contribution < -0.4 is 24.8 Å². The molecular formula is C35H36N2O4S. The fourth-order valence-electron chi connectivity index (χ4n) is 5.54. The molecule has 0 aliphatic carbocycles. The zero-order valence-corrected chi connectivity index (χ0v) is 25.6. The highest BCUT2D eigenvalue weighted by Crippen LogP contribution is 2.43. The number of thioether (sulfide) groups is 1. The Hall–Kier alpha value is -4.36. The Labute approximate surface area is 252 Å². The molecule has 0 radical (unpaired) electrons. The maximum Gasteiger partial charge on any atom is 0.344 e. The van der Waals surface area contributed by atoms with E-state index in [1.165, 1.54) is 17.3 Å². The van der Waals surface area contributed by atoms with Crippen molar-refractivity contribution in [1.29, 1.82) is 0 Å². The monoisotopic (exact) mass is 580 g/mol. The number of anilines is 2. The van der Waals surface area contributed by atoms with Gasteiger partial charge in [0.25, 0.3) is 0 Å². The minimum Gasteiger partial charge on any atom is -0.496 e. The summed E-state index contributed by atoms with van der Waals surface area (Å²) in [5.74, 6) is 1.41. The molecule has 0 atom stereocenters. The second-order valence-electron chi connectivity index (χ2n) is 10.7. The second-order valence-corrected chi connectivity index (χ2v) is 11.5. The minimum atomic E-state index is -0.403. The molecular weight excluding hydrogens is 544 g/mol. The van der Waals surface area contributed by atoms with E-state index in [2.05, 4.69) is 49.6 Å². The van der Waals surface area contributed by atoms with E-state index in [-0.39, 0.29) is 5.54 Å². The number of benzene rings is 4. The normalized spacial score (nSPS) is 13.3. The number of para-hydroxylation sites is 2. The van der Waals surface area contributed by atoms with E-state index >= 15 is 0 Å². The van der Waals surface area contributed by atoms with Crippen LogP contribution >= 0.6 is 11.8 Å². The highest BCUT2D eigenvalue weighted by molar-refractivity contribution is 7.98. The molecule has 2 N–H and O–H groups in total. The fourth-order valence-corrected chi connectivity index (χ4v) is 6.13. The van der Waals surface area contributed by atoms with Crippen LogP contribution in [-0.2, 0) is 6.54 Å². The Morgan fingerprint density at radius 1 is 0.905 bits per heavy atom. The first-order chi connectivity index (χ1) is 20.2. The Morgan fingerprint density at radius 3 is 2.38 bits per heavy atom. The second kappa shape index (κ2) is 12.2. The molecule has 0 spiro atoms. The number of carbonyl (C=O) groups excluding carboxylic acids is 1. The average molecular weight is 581 g/mol. The summed E-state index contributed by atoms with van der Waals surface area (Å²) in [4.78, 5) is 13.9. The lowest BCUT2D eigenvalue weighted by atomic mass is 9.85. The van der Waals surface area contributed by atoms with Crippen molar-refractivity contribution in [3.8, 4) is 28.4 Å². The van der Waals surface area contributed by atoms with Crippen LogP contribution in [0.1, 0.15) is 42.3 Å². The number of hydrogen-bond donors (Lipinski definition) is 2. The maximum atomic E-state index is 13.0. The van der Waals surface area contributed by atoms with Gasteiger partial charge < -0.3 is 24.8 Å². The quantitative estimate of drug-likeness (QED) is 0.117. The molecule has 0 fully saturated rings. The van der Waals surface area contributed by atoms with Crippen molar-refractivity contribution in [1.82, 2.24) is 0 Å². The molecule has 5 rings (SSSR count). The highest BCUT2D eigenvalue weighted by Gasteiger charge is 2.27. The average Bonchev–Trinajstić information content (AvgIpc) is 2.99. The Bertz CT molecular complexity index is 1660. The Balaban J connectivity index is 1.55. The summed E-state index contributed by atoms with van der Waals surface area (Å²) in [6.07, 6.45) is 4.20. The number of fused-ring (bicyclic) bond motifs is 1. The van der Waals surface area contributed by atoms with Crippen LogP contribution in [0.15, 0.2) is 89.8 Å². The predicted molar refractivity (Wildman–Crippen MR) is 173 cm³/mol. The van der Waals surface area contributed by atoms with E-state index < -0.39 is 5.97 Å². The van der Waals surface area contributed by atoms with Crippen molar-refractivity contribution in [3.63, 3.8) is 0 Å². The van der Waals surface area contributed by atoms with Crippen molar-refractivity contribution in [2.75, 3.05) is 31.1 Å². The number of nitrogens with one attached hydrogen (secondary N) is 2. The third-order valence-electron chi connectivity index (χ3n) is 7.30. The number of ether oxygens (including phenoxy) is 3. The first kappa shape index (κ1) is 29.1. The number of esters is 1. The van der Waals surface area contributed by atoms with Crippen LogP contribution in [0.5, 0.6) is 17.2 Å². The van der Waals surface area contributed by atoms with Gasteiger partial charge in [-0.2, -0.15) is 0 Å². The molecule has 1 aliphatic heterocycles. The van der Waals surface area contributed by atoms with Crippen LogP contribution in [-0.4, -0.2) is 32.0 Å². The van der Waals surface area contributed by atoms with E-state index in [4.69, 9.17) is 14.2 Å². The SMILES string of the molecule is COc1ccccc1NCc1c(-c2ccc(OC(=O)c3ccccc3SC)cc2OC)ccc2c1C(C)=CC(C)(C)N2. The van der Waals surface area contributed by atoms with Crippen molar-refractivity contribution < 1.29 is 19.0 Å². The molecule has 0 amide bonds. The van der Waals surface area contributed by atoms with Gasteiger partial charge in [-0.15, -0.1) is 11.8 Å². The van der Waals surface area contributed by atoms with Crippen molar-refractivity contribution in [3.05, 3.63) is 102 Å². The minimum absolute atomic E-state index is 0.163. The van der Waals surface area contributed by atoms with Crippen LogP contribution in [0, 0.1) is 0 Å².